The van der Waals surface area contributed by atoms with E-state index in [0.717, 1.165) is 17.5 Å². The number of oxazole rings is 1. The highest BCUT2D eigenvalue weighted by Crippen LogP contribution is 2.45. The normalized spacial score (nSPS) is 20.2. The minimum Gasteiger partial charge on any atom is -0.450 e. The molecule has 0 N–H and O–H groups in total. The molecule has 6 heteroatoms. The van der Waals surface area contributed by atoms with E-state index in [-0.39, 0.29) is 25.1 Å². The number of benzene rings is 1. The minimum atomic E-state index is -0.465. The first kappa shape index (κ1) is 13.6. The van der Waals surface area contributed by atoms with Gasteiger partial charge in [-0.05, 0) is 25.5 Å². The zero-order valence-electron chi connectivity index (χ0n) is 11.7. The van der Waals surface area contributed by atoms with Crippen molar-refractivity contribution in [2.75, 3.05) is 13.2 Å². The van der Waals surface area contributed by atoms with E-state index in [0.29, 0.717) is 12.2 Å². The van der Waals surface area contributed by atoms with Crippen molar-refractivity contribution in [3.8, 4) is 0 Å². The van der Waals surface area contributed by atoms with Crippen molar-refractivity contribution in [1.82, 2.24) is 9.88 Å². The number of aromatic nitrogens is 1. The van der Waals surface area contributed by atoms with Crippen LogP contribution < -0.4 is 0 Å². The molecular formula is C15H16N2O4. The second kappa shape index (κ2) is 5.55. The number of rotatable bonds is 5. The van der Waals surface area contributed by atoms with Crippen LogP contribution in [0.25, 0.3) is 11.1 Å². The Morgan fingerprint density at radius 1 is 1.52 bits per heavy atom. The fraction of sp³-hybridized carbons (Fsp3) is 0.400. The lowest BCUT2D eigenvalue weighted by Crippen LogP contribution is -2.36. The van der Waals surface area contributed by atoms with Crippen LogP contribution in [0.2, 0.25) is 0 Å². The molecule has 0 aliphatic heterocycles. The van der Waals surface area contributed by atoms with Crippen molar-refractivity contribution in [3.05, 3.63) is 30.2 Å². The third kappa shape index (κ3) is 2.61. The van der Waals surface area contributed by atoms with E-state index in [9.17, 15) is 9.59 Å². The van der Waals surface area contributed by atoms with Crippen molar-refractivity contribution in [1.29, 1.82) is 0 Å². The summed E-state index contributed by atoms with van der Waals surface area (Å²) in [6, 6.07) is 7.45. The number of amides is 1. The van der Waals surface area contributed by atoms with E-state index in [1.165, 1.54) is 4.90 Å². The largest absolute Gasteiger partial charge is 0.450 e. The van der Waals surface area contributed by atoms with Gasteiger partial charge >= 0.3 is 6.09 Å². The van der Waals surface area contributed by atoms with Gasteiger partial charge in [0, 0.05) is 6.04 Å². The topological polar surface area (TPSA) is 72.6 Å². The van der Waals surface area contributed by atoms with Crippen LogP contribution in [0.1, 0.15) is 25.2 Å². The van der Waals surface area contributed by atoms with Crippen molar-refractivity contribution in [2.45, 2.75) is 25.3 Å². The lowest BCUT2D eigenvalue weighted by Gasteiger charge is -2.18. The predicted octanol–water partition coefficient (Wildman–Crippen LogP) is 2.34. The zero-order valence-corrected chi connectivity index (χ0v) is 11.7. The van der Waals surface area contributed by atoms with Gasteiger partial charge in [0.05, 0.1) is 19.1 Å². The number of aldehydes is 1. The van der Waals surface area contributed by atoms with Gasteiger partial charge in [0.15, 0.2) is 5.58 Å². The van der Waals surface area contributed by atoms with Crippen LogP contribution in [0.3, 0.4) is 0 Å². The summed E-state index contributed by atoms with van der Waals surface area (Å²) in [5.74, 6) is 0.642. The third-order valence-corrected chi connectivity index (χ3v) is 3.56. The van der Waals surface area contributed by atoms with Gasteiger partial charge < -0.3 is 13.9 Å². The van der Waals surface area contributed by atoms with Crippen molar-refractivity contribution in [3.63, 3.8) is 0 Å². The first-order chi connectivity index (χ1) is 10.2. The summed E-state index contributed by atoms with van der Waals surface area (Å²) in [4.78, 5) is 28.5. The van der Waals surface area contributed by atoms with Gasteiger partial charge in [-0.15, -0.1) is 0 Å². The maximum Gasteiger partial charge on any atom is 0.410 e. The molecule has 1 aromatic carbocycles. The summed E-state index contributed by atoms with van der Waals surface area (Å²) in [6.45, 7) is 2.05. The molecule has 0 saturated heterocycles. The molecule has 0 bridgehead atoms. The Kier molecular flexibility index (Phi) is 3.60. The minimum absolute atomic E-state index is 0.0280. The average molecular weight is 288 g/mol. The van der Waals surface area contributed by atoms with E-state index in [1.54, 1.807) is 6.92 Å². The number of fused-ring (bicyclic) bond motifs is 1. The van der Waals surface area contributed by atoms with Gasteiger partial charge in [-0.3, -0.25) is 4.90 Å². The van der Waals surface area contributed by atoms with E-state index in [1.807, 2.05) is 24.3 Å². The number of para-hydroxylation sites is 2. The highest BCUT2D eigenvalue weighted by molar-refractivity contribution is 5.74. The lowest BCUT2D eigenvalue weighted by atomic mass is 10.3. The highest BCUT2D eigenvalue weighted by atomic mass is 16.6. The van der Waals surface area contributed by atoms with E-state index in [4.69, 9.17) is 9.15 Å². The average Bonchev–Trinajstić information content (AvgIpc) is 3.15. The van der Waals surface area contributed by atoms with Gasteiger partial charge in [-0.25, -0.2) is 9.78 Å². The number of nitrogens with zero attached hydrogens (tertiary/aromatic N) is 2. The van der Waals surface area contributed by atoms with Crippen LogP contribution in [-0.4, -0.2) is 41.5 Å². The molecule has 0 spiro atoms. The molecule has 1 saturated carbocycles. The molecule has 110 valence electrons. The van der Waals surface area contributed by atoms with Crippen LogP contribution >= 0.6 is 0 Å². The maximum atomic E-state index is 11.9. The molecule has 2 atom stereocenters. The van der Waals surface area contributed by atoms with E-state index in [2.05, 4.69) is 4.98 Å². The summed E-state index contributed by atoms with van der Waals surface area (Å²) in [5.41, 5.74) is 1.53. The number of ether oxygens (including phenoxy) is 1. The number of hydrogen-bond acceptors (Lipinski definition) is 5. The summed E-state index contributed by atoms with van der Waals surface area (Å²) in [5, 5.41) is 0. The van der Waals surface area contributed by atoms with Crippen LogP contribution in [-0.2, 0) is 9.53 Å². The van der Waals surface area contributed by atoms with Crippen LogP contribution in [0.5, 0.6) is 0 Å². The molecule has 1 aliphatic carbocycles. The fourth-order valence-electron chi connectivity index (χ4n) is 2.47. The molecule has 1 aromatic heterocycles. The summed E-state index contributed by atoms with van der Waals surface area (Å²) < 4.78 is 10.7. The number of hydrogen-bond donors (Lipinski definition) is 0. The van der Waals surface area contributed by atoms with Crippen molar-refractivity contribution >= 4 is 23.5 Å². The van der Waals surface area contributed by atoms with E-state index >= 15 is 0 Å². The summed E-state index contributed by atoms with van der Waals surface area (Å²) in [7, 11) is 0. The molecule has 0 radical (unpaired) electrons. The molecule has 1 fully saturated rings. The van der Waals surface area contributed by atoms with Crippen LogP contribution in [0.4, 0.5) is 4.79 Å². The first-order valence-corrected chi connectivity index (χ1v) is 6.97. The van der Waals surface area contributed by atoms with Crippen LogP contribution in [0.15, 0.2) is 28.7 Å². The molecular weight excluding hydrogens is 272 g/mol. The number of carbonyl (C=O) groups excluding carboxylic acids is 2. The Balaban J connectivity index is 1.76. The first-order valence-electron chi connectivity index (χ1n) is 6.97. The summed E-state index contributed by atoms with van der Waals surface area (Å²) in [6.07, 6.45) is 0.978. The van der Waals surface area contributed by atoms with Gasteiger partial charge in [0.2, 0.25) is 5.89 Å². The molecule has 1 unspecified atom stereocenters. The van der Waals surface area contributed by atoms with Crippen LogP contribution in [0, 0.1) is 0 Å². The highest BCUT2D eigenvalue weighted by Gasteiger charge is 2.48. The molecule has 6 nitrogen and oxygen atoms in total. The van der Waals surface area contributed by atoms with Gasteiger partial charge in [-0.1, -0.05) is 12.1 Å². The Morgan fingerprint density at radius 2 is 2.33 bits per heavy atom. The smallest absolute Gasteiger partial charge is 0.410 e. The molecule has 2 aromatic rings. The molecule has 1 aliphatic rings. The molecule has 3 rings (SSSR count). The standard InChI is InChI=1S/C15H16N2O4/c1-2-20-15(19)17(7-8-18)12-9-10(12)14-16-11-5-3-4-6-13(11)21-14/h3-6,8,10,12H,2,7,9H2,1H3/t10?,12-/m0/s1. The Hall–Kier alpha value is -2.37. The zero-order chi connectivity index (χ0) is 14.8. The molecule has 1 heterocycles. The maximum absolute atomic E-state index is 11.9. The van der Waals surface area contributed by atoms with Gasteiger partial charge in [-0.2, -0.15) is 0 Å². The van der Waals surface area contributed by atoms with Gasteiger partial charge in [0.1, 0.15) is 11.8 Å². The van der Waals surface area contributed by atoms with E-state index < -0.39 is 6.09 Å². The third-order valence-electron chi connectivity index (χ3n) is 3.56. The second-order valence-electron chi connectivity index (χ2n) is 4.95. The number of carbonyl (C=O) groups is 2. The molecule has 1 amide bonds. The fourth-order valence-corrected chi connectivity index (χ4v) is 2.47. The predicted molar refractivity (Wildman–Crippen MR) is 74.9 cm³/mol. The molecule has 21 heavy (non-hydrogen) atoms. The Morgan fingerprint density at radius 3 is 3.05 bits per heavy atom. The SMILES string of the molecule is CCOC(=O)N(CC=O)[C@H]1CC1c1nc2ccccc2o1. The Labute approximate surface area is 121 Å². The van der Waals surface area contributed by atoms with Gasteiger partial charge in [0.25, 0.3) is 0 Å². The van der Waals surface area contributed by atoms with Crippen molar-refractivity contribution < 1.29 is 18.7 Å². The quantitative estimate of drug-likeness (QED) is 0.790. The summed E-state index contributed by atoms with van der Waals surface area (Å²) >= 11 is 0. The lowest BCUT2D eigenvalue weighted by molar-refractivity contribution is -0.108. The van der Waals surface area contributed by atoms with Crippen molar-refractivity contribution in [2.24, 2.45) is 0 Å². The Bertz CT molecular complexity index is 633. The second-order valence-corrected chi connectivity index (χ2v) is 4.95. The monoisotopic (exact) mass is 288 g/mol.